The zero-order valence-electron chi connectivity index (χ0n) is 9.83. The molecule has 4 heteroatoms. The second-order valence-electron chi connectivity index (χ2n) is 4.09. The second-order valence-corrected chi connectivity index (χ2v) is 4.81. The van der Waals surface area contributed by atoms with Gasteiger partial charge in [0.15, 0.2) is 4.67 Å². The third-order valence-corrected chi connectivity index (χ3v) is 3.63. The van der Waals surface area contributed by atoms with Crippen molar-refractivity contribution >= 4 is 15.9 Å². The third-order valence-electron chi connectivity index (χ3n) is 2.99. The highest BCUT2D eigenvalue weighted by atomic mass is 79.9. The molecule has 0 saturated heterocycles. The van der Waals surface area contributed by atoms with E-state index >= 15 is 0 Å². The van der Waals surface area contributed by atoms with E-state index in [-0.39, 0.29) is 6.04 Å². The average molecular weight is 295 g/mol. The van der Waals surface area contributed by atoms with Crippen LogP contribution in [0, 0.1) is 13.8 Å². The lowest BCUT2D eigenvalue weighted by Gasteiger charge is -2.16. The predicted octanol–water partition coefficient (Wildman–Crippen LogP) is 3.21. The van der Waals surface area contributed by atoms with E-state index in [2.05, 4.69) is 53.4 Å². The van der Waals surface area contributed by atoms with Gasteiger partial charge in [-0.05, 0) is 52.5 Å². The highest BCUT2D eigenvalue weighted by Gasteiger charge is 2.17. The molecule has 17 heavy (non-hydrogen) atoms. The Balaban J connectivity index is 2.42. The summed E-state index contributed by atoms with van der Waals surface area (Å²) in [5.41, 5.74) is 7.46. The van der Waals surface area contributed by atoms with Crippen LogP contribution in [0.15, 0.2) is 39.6 Å². The zero-order chi connectivity index (χ0) is 12.4. The molecule has 0 spiro atoms. The van der Waals surface area contributed by atoms with Crippen LogP contribution in [0.4, 0.5) is 0 Å². The Morgan fingerprint density at radius 1 is 1.24 bits per heavy atom. The smallest absolute Gasteiger partial charge is 0.174 e. The molecule has 1 unspecified atom stereocenters. The summed E-state index contributed by atoms with van der Waals surface area (Å²) in [6, 6.07) is 8.15. The van der Waals surface area contributed by atoms with Crippen LogP contribution in [0.2, 0.25) is 0 Å². The Kier molecular flexibility index (Phi) is 3.66. The minimum Gasteiger partial charge on any atom is -0.457 e. The van der Waals surface area contributed by atoms with Gasteiger partial charge in [-0.25, -0.2) is 5.43 Å². The van der Waals surface area contributed by atoms with E-state index in [0.717, 1.165) is 11.1 Å². The van der Waals surface area contributed by atoms with Crippen molar-refractivity contribution in [2.24, 2.45) is 5.84 Å². The van der Waals surface area contributed by atoms with Crippen molar-refractivity contribution in [1.29, 1.82) is 0 Å². The van der Waals surface area contributed by atoms with Crippen molar-refractivity contribution in [1.82, 2.24) is 5.43 Å². The number of aryl methyl sites for hydroxylation is 2. The molecule has 0 aliphatic rings. The van der Waals surface area contributed by atoms with Crippen LogP contribution in [-0.4, -0.2) is 0 Å². The van der Waals surface area contributed by atoms with Gasteiger partial charge in [0.2, 0.25) is 0 Å². The molecule has 0 fully saturated rings. The van der Waals surface area contributed by atoms with E-state index < -0.39 is 0 Å². The van der Waals surface area contributed by atoms with Gasteiger partial charge in [-0.1, -0.05) is 18.2 Å². The highest BCUT2D eigenvalue weighted by molar-refractivity contribution is 9.10. The summed E-state index contributed by atoms with van der Waals surface area (Å²) in [6.45, 7) is 4.19. The fraction of sp³-hybridized carbons (Fsp3) is 0.231. The first kappa shape index (κ1) is 12.4. The summed E-state index contributed by atoms with van der Waals surface area (Å²) < 4.78 is 5.95. The molecule has 90 valence electrons. The molecule has 3 N–H and O–H groups in total. The molecule has 2 rings (SSSR count). The molecule has 3 nitrogen and oxygen atoms in total. The van der Waals surface area contributed by atoms with E-state index in [4.69, 9.17) is 10.3 Å². The number of hydrogen-bond donors (Lipinski definition) is 2. The number of rotatable bonds is 3. The average Bonchev–Trinajstić information content (AvgIpc) is 2.71. The van der Waals surface area contributed by atoms with E-state index in [1.165, 1.54) is 11.1 Å². The molecule has 1 atom stereocenters. The van der Waals surface area contributed by atoms with Crippen LogP contribution in [0.1, 0.15) is 28.3 Å². The molecule has 0 aliphatic carbocycles. The Morgan fingerprint density at radius 3 is 2.53 bits per heavy atom. The monoisotopic (exact) mass is 294 g/mol. The summed E-state index contributed by atoms with van der Waals surface area (Å²) in [4.78, 5) is 0. The van der Waals surface area contributed by atoms with Crippen LogP contribution in [-0.2, 0) is 0 Å². The third kappa shape index (κ3) is 2.44. The van der Waals surface area contributed by atoms with Crippen LogP contribution >= 0.6 is 15.9 Å². The van der Waals surface area contributed by atoms with Crippen LogP contribution < -0.4 is 11.3 Å². The van der Waals surface area contributed by atoms with Gasteiger partial charge in [0.1, 0.15) is 0 Å². The SMILES string of the molecule is Cc1ccc(C(NN)c2ccoc2Br)cc1C. The first-order chi connectivity index (χ1) is 8.13. The number of benzene rings is 1. The molecular formula is C13H15BrN2O. The molecule has 1 aromatic heterocycles. The molecule has 0 amide bonds. The molecule has 2 aromatic rings. The Hall–Kier alpha value is -1.10. The number of halogens is 1. The summed E-state index contributed by atoms with van der Waals surface area (Å²) in [7, 11) is 0. The molecule has 0 aliphatic heterocycles. The van der Waals surface area contributed by atoms with Crippen molar-refractivity contribution < 1.29 is 4.42 Å². The van der Waals surface area contributed by atoms with Crippen LogP contribution in [0.25, 0.3) is 0 Å². The summed E-state index contributed by atoms with van der Waals surface area (Å²) >= 11 is 3.38. The standard InChI is InChI=1S/C13H15BrN2O/c1-8-3-4-10(7-9(8)2)12(16-15)11-5-6-17-13(11)14/h3-7,12,16H,15H2,1-2H3. The summed E-state index contributed by atoms with van der Waals surface area (Å²) in [5, 5.41) is 0. The quantitative estimate of drug-likeness (QED) is 0.675. The van der Waals surface area contributed by atoms with E-state index in [0.29, 0.717) is 4.67 Å². The lowest BCUT2D eigenvalue weighted by molar-refractivity contribution is 0.526. The minimum absolute atomic E-state index is 0.0672. The molecule has 0 bridgehead atoms. The van der Waals surface area contributed by atoms with Gasteiger partial charge in [-0.3, -0.25) is 5.84 Å². The first-order valence-electron chi connectivity index (χ1n) is 5.39. The number of nitrogens with two attached hydrogens (primary N) is 1. The molecule has 1 heterocycles. The fourth-order valence-electron chi connectivity index (χ4n) is 1.82. The van der Waals surface area contributed by atoms with Crippen LogP contribution in [0.5, 0.6) is 0 Å². The van der Waals surface area contributed by atoms with Gasteiger partial charge in [-0.2, -0.15) is 0 Å². The normalized spacial score (nSPS) is 12.7. The van der Waals surface area contributed by atoms with E-state index in [9.17, 15) is 0 Å². The Morgan fingerprint density at radius 2 is 2.00 bits per heavy atom. The second kappa shape index (κ2) is 5.04. The molecular weight excluding hydrogens is 280 g/mol. The largest absolute Gasteiger partial charge is 0.457 e. The molecule has 0 radical (unpaired) electrons. The van der Waals surface area contributed by atoms with Crippen molar-refractivity contribution in [3.8, 4) is 0 Å². The van der Waals surface area contributed by atoms with Crippen molar-refractivity contribution in [2.45, 2.75) is 19.9 Å². The first-order valence-corrected chi connectivity index (χ1v) is 6.19. The summed E-state index contributed by atoms with van der Waals surface area (Å²) in [5.74, 6) is 5.64. The number of nitrogens with one attached hydrogen (secondary N) is 1. The van der Waals surface area contributed by atoms with Crippen molar-refractivity contribution in [3.63, 3.8) is 0 Å². The maximum Gasteiger partial charge on any atom is 0.174 e. The predicted molar refractivity (Wildman–Crippen MR) is 71.5 cm³/mol. The number of hydrogen-bond acceptors (Lipinski definition) is 3. The highest BCUT2D eigenvalue weighted by Crippen LogP contribution is 2.29. The molecule has 1 aromatic carbocycles. The van der Waals surface area contributed by atoms with Gasteiger partial charge in [-0.15, -0.1) is 0 Å². The van der Waals surface area contributed by atoms with E-state index in [1.54, 1.807) is 6.26 Å². The van der Waals surface area contributed by atoms with Gasteiger partial charge < -0.3 is 4.42 Å². The maximum absolute atomic E-state index is 5.64. The van der Waals surface area contributed by atoms with Gasteiger partial charge >= 0.3 is 0 Å². The Labute approximate surface area is 109 Å². The Bertz CT molecular complexity index is 522. The number of furan rings is 1. The van der Waals surface area contributed by atoms with Crippen LogP contribution in [0.3, 0.4) is 0 Å². The van der Waals surface area contributed by atoms with Gasteiger partial charge in [0.25, 0.3) is 0 Å². The van der Waals surface area contributed by atoms with Crippen molar-refractivity contribution in [2.75, 3.05) is 0 Å². The zero-order valence-corrected chi connectivity index (χ0v) is 11.4. The number of hydrazine groups is 1. The van der Waals surface area contributed by atoms with E-state index in [1.807, 2.05) is 6.07 Å². The van der Waals surface area contributed by atoms with Gasteiger partial charge in [0.05, 0.1) is 12.3 Å². The lowest BCUT2D eigenvalue weighted by atomic mass is 9.98. The lowest BCUT2D eigenvalue weighted by Crippen LogP contribution is -2.28. The van der Waals surface area contributed by atoms with Crippen molar-refractivity contribution in [3.05, 3.63) is 57.5 Å². The molecule has 0 saturated carbocycles. The minimum atomic E-state index is -0.0672. The maximum atomic E-state index is 5.64. The summed E-state index contributed by atoms with van der Waals surface area (Å²) in [6.07, 6.45) is 1.64. The van der Waals surface area contributed by atoms with Gasteiger partial charge in [0, 0.05) is 5.56 Å². The topological polar surface area (TPSA) is 51.2 Å². The fourth-order valence-corrected chi connectivity index (χ4v) is 2.29.